The average Bonchev–Trinajstić information content (AvgIpc) is 2.52. The van der Waals surface area contributed by atoms with E-state index in [0.29, 0.717) is 23.6 Å². The molecule has 2 aromatic rings. The van der Waals surface area contributed by atoms with Crippen LogP contribution in [0.25, 0.3) is 0 Å². The van der Waals surface area contributed by atoms with Gasteiger partial charge in [0.2, 0.25) is 0 Å². The first-order valence-electron chi connectivity index (χ1n) is 6.55. The second kappa shape index (κ2) is 6.58. The highest BCUT2D eigenvalue weighted by Gasteiger charge is 2.08. The lowest BCUT2D eigenvalue weighted by atomic mass is 10.1. The van der Waals surface area contributed by atoms with Crippen LogP contribution >= 0.6 is 0 Å². The third-order valence-corrected chi connectivity index (χ3v) is 3.15. The Morgan fingerprint density at radius 2 is 1.95 bits per heavy atom. The molecule has 0 saturated carbocycles. The molecule has 1 N–H and O–H groups in total. The maximum Gasteiger partial charge on any atom is 0.129 e. The van der Waals surface area contributed by atoms with Gasteiger partial charge in [0.15, 0.2) is 0 Å². The van der Waals surface area contributed by atoms with Gasteiger partial charge in [-0.2, -0.15) is 5.26 Å². The van der Waals surface area contributed by atoms with Crippen molar-refractivity contribution >= 4 is 5.71 Å². The van der Waals surface area contributed by atoms with Gasteiger partial charge >= 0.3 is 0 Å². The number of nitrogens with zero attached hydrogens (tertiary/aromatic N) is 2. The molecule has 0 aliphatic rings. The predicted octanol–water partition coefficient (Wildman–Crippen LogP) is 3.64. The van der Waals surface area contributed by atoms with Gasteiger partial charge in [-0.1, -0.05) is 23.4 Å². The van der Waals surface area contributed by atoms with Crippen LogP contribution in [0, 0.1) is 18.3 Å². The van der Waals surface area contributed by atoms with E-state index in [0.717, 1.165) is 16.7 Å². The lowest BCUT2D eigenvalue weighted by Crippen LogP contribution is -2.03. The Morgan fingerprint density at radius 3 is 2.57 bits per heavy atom. The summed E-state index contributed by atoms with van der Waals surface area (Å²) in [6.45, 7) is 4.09. The number of nitriles is 1. The van der Waals surface area contributed by atoms with E-state index in [1.807, 2.05) is 37.3 Å². The van der Waals surface area contributed by atoms with Crippen LogP contribution in [-0.4, -0.2) is 10.9 Å². The smallest absolute Gasteiger partial charge is 0.129 e. The SMILES string of the molecule is CC(=NO)c1ccc(C)cc1OCc1ccc(C#N)cc1. The molecule has 0 aromatic heterocycles. The van der Waals surface area contributed by atoms with E-state index in [1.165, 1.54) is 0 Å². The fraction of sp³-hybridized carbons (Fsp3) is 0.176. The molecule has 0 amide bonds. The Kier molecular flexibility index (Phi) is 4.57. The van der Waals surface area contributed by atoms with Crippen LogP contribution in [0.4, 0.5) is 0 Å². The minimum Gasteiger partial charge on any atom is -0.488 e. The second-order valence-corrected chi connectivity index (χ2v) is 4.78. The van der Waals surface area contributed by atoms with Gasteiger partial charge < -0.3 is 9.94 Å². The number of hydrogen-bond donors (Lipinski definition) is 1. The van der Waals surface area contributed by atoms with Gasteiger partial charge in [0.05, 0.1) is 17.3 Å². The molecule has 2 rings (SSSR count). The third-order valence-electron chi connectivity index (χ3n) is 3.15. The van der Waals surface area contributed by atoms with Gasteiger partial charge in [0, 0.05) is 5.56 Å². The topological polar surface area (TPSA) is 65.6 Å². The minimum absolute atomic E-state index is 0.390. The quantitative estimate of drug-likeness (QED) is 0.528. The monoisotopic (exact) mass is 280 g/mol. The molecule has 4 heteroatoms. The Bertz CT molecular complexity index is 698. The first-order chi connectivity index (χ1) is 10.1. The molecule has 0 aliphatic heterocycles. The summed E-state index contributed by atoms with van der Waals surface area (Å²) in [5, 5.41) is 20.9. The van der Waals surface area contributed by atoms with Crippen LogP contribution < -0.4 is 4.74 Å². The van der Waals surface area contributed by atoms with E-state index in [9.17, 15) is 0 Å². The third kappa shape index (κ3) is 3.61. The maximum atomic E-state index is 8.93. The van der Waals surface area contributed by atoms with E-state index in [1.54, 1.807) is 19.1 Å². The normalized spacial score (nSPS) is 11.0. The van der Waals surface area contributed by atoms with E-state index < -0.39 is 0 Å². The predicted molar refractivity (Wildman–Crippen MR) is 80.7 cm³/mol. The molecule has 0 saturated heterocycles. The Hall–Kier alpha value is -2.80. The number of benzene rings is 2. The first-order valence-corrected chi connectivity index (χ1v) is 6.55. The zero-order chi connectivity index (χ0) is 15.2. The zero-order valence-corrected chi connectivity index (χ0v) is 12.0. The fourth-order valence-electron chi connectivity index (χ4n) is 1.94. The van der Waals surface area contributed by atoms with E-state index in [4.69, 9.17) is 15.2 Å². The van der Waals surface area contributed by atoms with Crippen molar-refractivity contribution in [1.82, 2.24) is 0 Å². The van der Waals surface area contributed by atoms with E-state index in [-0.39, 0.29) is 0 Å². The molecule has 0 unspecified atom stereocenters. The van der Waals surface area contributed by atoms with Gasteiger partial charge in [0.1, 0.15) is 12.4 Å². The van der Waals surface area contributed by atoms with E-state index >= 15 is 0 Å². The van der Waals surface area contributed by atoms with Crippen molar-refractivity contribution in [2.45, 2.75) is 20.5 Å². The zero-order valence-electron chi connectivity index (χ0n) is 12.0. The van der Waals surface area contributed by atoms with Gasteiger partial charge in [-0.15, -0.1) is 0 Å². The molecule has 0 heterocycles. The maximum absolute atomic E-state index is 8.93. The highest BCUT2D eigenvalue weighted by Crippen LogP contribution is 2.22. The molecule has 2 aromatic carbocycles. The van der Waals surface area contributed by atoms with E-state index in [2.05, 4.69) is 11.2 Å². The molecule has 0 atom stereocenters. The van der Waals surface area contributed by atoms with Crippen LogP contribution in [-0.2, 0) is 6.61 Å². The van der Waals surface area contributed by atoms with Crippen molar-refractivity contribution in [3.05, 3.63) is 64.7 Å². The molecule has 21 heavy (non-hydrogen) atoms. The van der Waals surface area contributed by atoms with Gasteiger partial charge in [-0.05, 0) is 49.2 Å². The van der Waals surface area contributed by atoms with Crippen LogP contribution in [0.3, 0.4) is 0 Å². The number of aryl methyl sites for hydroxylation is 1. The molecule has 4 nitrogen and oxygen atoms in total. The standard InChI is InChI=1S/C17H16N2O2/c1-12-3-8-16(13(2)19-20)17(9-12)21-11-15-6-4-14(10-18)5-7-15/h3-9,20H,11H2,1-2H3. The largest absolute Gasteiger partial charge is 0.488 e. The molecule has 106 valence electrons. The van der Waals surface area contributed by atoms with Crippen molar-refractivity contribution in [3.63, 3.8) is 0 Å². The van der Waals surface area contributed by atoms with Crippen molar-refractivity contribution in [1.29, 1.82) is 5.26 Å². The Labute approximate surface area is 123 Å². The summed E-state index contributed by atoms with van der Waals surface area (Å²) >= 11 is 0. The van der Waals surface area contributed by atoms with Crippen molar-refractivity contribution in [2.75, 3.05) is 0 Å². The molecule has 0 bridgehead atoms. The summed E-state index contributed by atoms with van der Waals surface area (Å²) in [4.78, 5) is 0. The number of hydrogen-bond acceptors (Lipinski definition) is 4. The molecule has 0 aliphatic carbocycles. The second-order valence-electron chi connectivity index (χ2n) is 4.78. The Balaban J connectivity index is 2.19. The molecule has 0 spiro atoms. The summed E-state index contributed by atoms with van der Waals surface area (Å²) in [7, 11) is 0. The first kappa shape index (κ1) is 14.6. The van der Waals surface area contributed by atoms with Crippen molar-refractivity contribution < 1.29 is 9.94 Å². The summed E-state index contributed by atoms with van der Waals surface area (Å²) in [5.74, 6) is 0.676. The van der Waals surface area contributed by atoms with Gasteiger partial charge in [0.25, 0.3) is 0 Å². The van der Waals surface area contributed by atoms with Crippen LogP contribution in [0.5, 0.6) is 5.75 Å². The molecular weight excluding hydrogens is 264 g/mol. The highest BCUT2D eigenvalue weighted by atomic mass is 16.5. The fourth-order valence-corrected chi connectivity index (χ4v) is 1.94. The lowest BCUT2D eigenvalue weighted by molar-refractivity contribution is 0.303. The molecular formula is C17H16N2O2. The van der Waals surface area contributed by atoms with Crippen molar-refractivity contribution in [3.8, 4) is 11.8 Å². The average molecular weight is 280 g/mol. The Morgan fingerprint density at radius 1 is 1.24 bits per heavy atom. The van der Waals surface area contributed by atoms with Crippen LogP contribution in [0.2, 0.25) is 0 Å². The van der Waals surface area contributed by atoms with Crippen LogP contribution in [0.15, 0.2) is 47.6 Å². The summed E-state index contributed by atoms with van der Waals surface area (Å²) in [6, 6.07) is 15.1. The highest BCUT2D eigenvalue weighted by molar-refractivity contribution is 6.00. The van der Waals surface area contributed by atoms with Gasteiger partial charge in [-0.25, -0.2) is 0 Å². The number of oxime groups is 1. The summed E-state index contributed by atoms with van der Waals surface area (Å²) < 4.78 is 5.83. The summed E-state index contributed by atoms with van der Waals surface area (Å²) in [5.41, 5.74) is 3.93. The minimum atomic E-state index is 0.390. The molecule has 0 fully saturated rings. The van der Waals surface area contributed by atoms with Crippen molar-refractivity contribution in [2.24, 2.45) is 5.16 Å². The lowest BCUT2D eigenvalue weighted by Gasteiger charge is -2.12. The van der Waals surface area contributed by atoms with Crippen LogP contribution in [0.1, 0.15) is 29.2 Å². The van der Waals surface area contributed by atoms with Gasteiger partial charge in [-0.3, -0.25) is 0 Å². The number of rotatable bonds is 4. The summed E-state index contributed by atoms with van der Waals surface area (Å²) in [6.07, 6.45) is 0. The molecule has 0 radical (unpaired) electrons. The number of ether oxygens (including phenoxy) is 1.